The van der Waals surface area contributed by atoms with Crippen LogP contribution < -0.4 is 5.32 Å². The van der Waals surface area contributed by atoms with E-state index in [9.17, 15) is 10.2 Å². The molecule has 0 aromatic heterocycles. The molecular formula is C28H42N2O2. The molecular weight excluding hydrogens is 396 g/mol. The van der Waals surface area contributed by atoms with Gasteiger partial charge < -0.3 is 20.4 Å². The van der Waals surface area contributed by atoms with E-state index in [1.807, 2.05) is 12.1 Å². The number of nitrogens with one attached hydrogen (secondary N) is 1. The zero-order chi connectivity index (χ0) is 22.3. The van der Waals surface area contributed by atoms with Crippen LogP contribution >= 0.6 is 0 Å². The van der Waals surface area contributed by atoms with Gasteiger partial charge in [0.2, 0.25) is 0 Å². The standard InChI is InChI=1S/C28H42N2O2/c1-21-7-5-8-22(15-21)17-25(31)9-10-26-27-18-23(16-24(27)19-28(26)32)20-29-11-6-14-30-12-3-2-4-13-30/h5,7-10,15-16,24-29,31-32H,2-4,6,11-14,17-20H2,1H3/t24-,25+,26+,27-,28+/m0/s1. The SMILES string of the molecule is Cc1cccc(C[C@H](O)C=C[C@@H]2[C@H]3CC(CNCCCN4CCCCC4)=C[C@H]3C[C@H]2O)c1. The lowest BCUT2D eigenvalue weighted by atomic mass is 9.89. The normalized spacial score (nSPS) is 29.4. The van der Waals surface area contributed by atoms with Crippen LogP contribution in [-0.2, 0) is 6.42 Å². The Balaban J connectivity index is 1.19. The molecule has 1 aromatic carbocycles. The molecule has 32 heavy (non-hydrogen) atoms. The Hall–Kier alpha value is -1.46. The van der Waals surface area contributed by atoms with Crippen molar-refractivity contribution in [3.05, 3.63) is 59.2 Å². The molecule has 1 saturated carbocycles. The van der Waals surface area contributed by atoms with E-state index in [1.165, 1.54) is 56.5 Å². The summed E-state index contributed by atoms with van der Waals surface area (Å²) in [5.74, 6) is 1.12. The lowest BCUT2D eigenvalue weighted by Gasteiger charge is -2.26. The lowest BCUT2D eigenvalue weighted by Crippen LogP contribution is -2.32. The van der Waals surface area contributed by atoms with Crippen LogP contribution in [0.2, 0.25) is 0 Å². The highest BCUT2D eigenvalue weighted by atomic mass is 16.3. The van der Waals surface area contributed by atoms with Crippen molar-refractivity contribution in [2.75, 3.05) is 32.7 Å². The second kappa shape index (κ2) is 11.6. The van der Waals surface area contributed by atoms with E-state index in [-0.39, 0.29) is 12.0 Å². The fraction of sp³-hybridized carbons (Fsp3) is 0.643. The highest BCUT2D eigenvalue weighted by molar-refractivity contribution is 5.24. The number of aliphatic hydroxyl groups excluding tert-OH is 2. The maximum absolute atomic E-state index is 10.6. The van der Waals surface area contributed by atoms with Crippen molar-refractivity contribution < 1.29 is 10.2 Å². The zero-order valence-corrected chi connectivity index (χ0v) is 19.8. The quantitative estimate of drug-likeness (QED) is 0.384. The number of allylic oxidation sites excluding steroid dienone is 1. The van der Waals surface area contributed by atoms with Crippen LogP contribution in [0.5, 0.6) is 0 Å². The van der Waals surface area contributed by atoms with E-state index in [2.05, 4.69) is 47.5 Å². The molecule has 0 unspecified atom stereocenters. The Labute approximate surface area is 194 Å². The second-order valence-corrected chi connectivity index (χ2v) is 10.3. The number of rotatable bonds is 10. The van der Waals surface area contributed by atoms with Gasteiger partial charge in [0.15, 0.2) is 0 Å². The number of nitrogens with zero attached hydrogens (tertiary/aromatic N) is 1. The van der Waals surface area contributed by atoms with E-state index in [4.69, 9.17) is 0 Å². The third kappa shape index (κ3) is 6.54. The van der Waals surface area contributed by atoms with Crippen LogP contribution in [0.4, 0.5) is 0 Å². The third-order valence-electron chi connectivity index (χ3n) is 7.66. The first-order chi connectivity index (χ1) is 15.6. The van der Waals surface area contributed by atoms with Crippen LogP contribution in [-0.4, -0.2) is 60.0 Å². The number of likely N-dealkylation sites (tertiary alicyclic amines) is 1. The predicted molar refractivity (Wildman–Crippen MR) is 132 cm³/mol. The molecule has 2 aliphatic carbocycles. The summed E-state index contributed by atoms with van der Waals surface area (Å²) in [6.45, 7) is 7.93. The van der Waals surface area contributed by atoms with Gasteiger partial charge in [-0.1, -0.05) is 60.1 Å². The number of aryl methyl sites for hydroxylation is 1. The summed E-state index contributed by atoms with van der Waals surface area (Å²) in [7, 11) is 0. The van der Waals surface area contributed by atoms with Crippen LogP contribution in [0, 0.1) is 24.7 Å². The minimum absolute atomic E-state index is 0.153. The van der Waals surface area contributed by atoms with Crippen molar-refractivity contribution in [3.63, 3.8) is 0 Å². The molecule has 3 N–H and O–H groups in total. The number of aliphatic hydroxyl groups is 2. The molecule has 2 fully saturated rings. The van der Waals surface area contributed by atoms with Gasteiger partial charge >= 0.3 is 0 Å². The summed E-state index contributed by atoms with van der Waals surface area (Å²) in [6, 6.07) is 8.32. The average molecular weight is 439 g/mol. The molecule has 0 amide bonds. The molecule has 3 aliphatic rings. The Kier molecular flexibility index (Phi) is 8.59. The number of hydrogen-bond donors (Lipinski definition) is 3. The fourth-order valence-electron chi connectivity index (χ4n) is 6.00. The topological polar surface area (TPSA) is 55.7 Å². The molecule has 1 aromatic rings. The molecule has 0 spiro atoms. The van der Waals surface area contributed by atoms with Gasteiger partial charge in [-0.15, -0.1) is 0 Å². The highest BCUT2D eigenvalue weighted by Crippen LogP contribution is 2.47. The Morgan fingerprint density at radius 3 is 2.88 bits per heavy atom. The summed E-state index contributed by atoms with van der Waals surface area (Å²) in [4.78, 5) is 2.61. The first-order valence-electron chi connectivity index (χ1n) is 12.8. The van der Waals surface area contributed by atoms with Crippen molar-refractivity contribution in [1.82, 2.24) is 10.2 Å². The second-order valence-electron chi connectivity index (χ2n) is 10.3. The molecule has 5 atom stereocenters. The van der Waals surface area contributed by atoms with Crippen molar-refractivity contribution in [2.24, 2.45) is 17.8 Å². The third-order valence-corrected chi connectivity index (χ3v) is 7.66. The van der Waals surface area contributed by atoms with E-state index in [0.717, 1.165) is 31.5 Å². The smallest absolute Gasteiger partial charge is 0.0761 e. The molecule has 1 aliphatic heterocycles. The molecule has 4 nitrogen and oxygen atoms in total. The van der Waals surface area contributed by atoms with Crippen LogP contribution in [0.15, 0.2) is 48.1 Å². The maximum atomic E-state index is 10.6. The monoisotopic (exact) mass is 438 g/mol. The maximum Gasteiger partial charge on any atom is 0.0761 e. The minimum Gasteiger partial charge on any atom is -0.392 e. The van der Waals surface area contributed by atoms with Gasteiger partial charge in [0.1, 0.15) is 0 Å². The summed E-state index contributed by atoms with van der Waals surface area (Å²) < 4.78 is 0. The molecule has 176 valence electrons. The van der Waals surface area contributed by atoms with Crippen LogP contribution in [0.1, 0.15) is 49.7 Å². The van der Waals surface area contributed by atoms with Gasteiger partial charge in [-0.05, 0) is 82.6 Å². The van der Waals surface area contributed by atoms with Crippen LogP contribution in [0.25, 0.3) is 0 Å². The summed E-state index contributed by atoms with van der Waals surface area (Å²) in [6.07, 6.45) is 13.6. The van der Waals surface area contributed by atoms with Gasteiger partial charge in [-0.25, -0.2) is 0 Å². The summed E-state index contributed by atoms with van der Waals surface area (Å²) >= 11 is 0. The number of fused-ring (bicyclic) bond motifs is 1. The Bertz CT molecular complexity index is 783. The fourth-order valence-corrected chi connectivity index (χ4v) is 6.00. The van der Waals surface area contributed by atoms with Crippen molar-refractivity contribution in [1.29, 1.82) is 0 Å². The van der Waals surface area contributed by atoms with Gasteiger partial charge in [0.25, 0.3) is 0 Å². The summed E-state index contributed by atoms with van der Waals surface area (Å²) in [5, 5.41) is 24.8. The highest BCUT2D eigenvalue weighted by Gasteiger charge is 2.43. The van der Waals surface area contributed by atoms with E-state index >= 15 is 0 Å². The van der Waals surface area contributed by atoms with Gasteiger partial charge in [-0.3, -0.25) is 0 Å². The van der Waals surface area contributed by atoms with Crippen molar-refractivity contribution in [3.8, 4) is 0 Å². The first-order valence-corrected chi connectivity index (χ1v) is 12.8. The van der Waals surface area contributed by atoms with E-state index in [1.54, 1.807) is 0 Å². The van der Waals surface area contributed by atoms with Crippen LogP contribution in [0.3, 0.4) is 0 Å². The molecule has 1 saturated heterocycles. The lowest BCUT2D eigenvalue weighted by molar-refractivity contribution is 0.140. The van der Waals surface area contributed by atoms with Gasteiger partial charge in [0, 0.05) is 18.9 Å². The number of piperidine rings is 1. The molecule has 0 radical (unpaired) electrons. The number of hydrogen-bond acceptors (Lipinski definition) is 4. The first kappa shape index (κ1) is 23.7. The number of benzene rings is 1. The predicted octanol–water partition coefficient (Wildman–Crippen LogP) is 3.86. The van der Waals surface area contributed by atoms with Gasteiger partial charge in [-0.2, -0.15) is 0 Å². The van der Waals surface area contributed by atoms with E-state index in [0.29, 0.717) is 18.3 Å². The zero-order valence-electron chi connectivity index (χ0n) is 19.8. The molecule has 1 heterocycles. The molecule has 4 heteroatoms. The van der Waals surface area contributed by atoms with E-state index < -0.39 is 6.10 Å². The largest absolute Gasteiger partial charge is 0.392 e. The van der Waals surface area contributed by atoms with Crippen molar-refractivity contribution >= 4 is 0 Å². The van der Waals surface area contributed by atoms with Crippen molar-refractivity contribution in [2.45, 2.75) is 64.1 Å². The Morgan fingerprint density at radius 1 is 1.22 bits per heavy atom. The average Bonchev–Trinajstić information content (AvgIpc) is 3.29. The minimum atomic E-state index is -0.501. The summed E-state index contributed by atoms with van der Waals surface area (Å²) in [5.41, 5.74) is 3.88. The van der Waals surface area contributed by atoms with Gasteiger partial charge in [0.05, 0.1) is 12.2 Å². The molecule has 0 bridgehead atoms. The Morgan fingerprint density at radius 2 is 2.06 bits per heavy atom. The molecule has 4 rings (SSSR count).